The molecule has 5 nitrogen and oxygen atoms in total. The van der Waals surface area contributed by atoms with Gasteiger partial charge in [0.05, 0.1) is 24.0 Å². The van der Waals surface area contributed by atoms with Gasteiger partial charge in [-0.1, -0.05) is 26.2 Å². The van der Waals surface area contributed by atoms with Crippen LogP contribution in [0, 0.1) is 17.8 Å². The zero-order chi connectivity index (χ0) is 14.7. The number of aliphatic hydroxyl groups excluding tert-OH is 1. The molecule has 2 fully saturated rings. The van der Waals surface area contributed by atoms with Crippen LogP contribution < -0.4 is 5.32 Å². The summed E-state index contributed by atoms with van der Waals surface area (Å²) >= 11 is 0. The Balaban J connectivity index is 1.97. The lowest BCUT2D eigenvalue weighted by molar-refractivity contribution is -0.146. The molecule has 20 heavy (non-hydrogen) atoms. The van der Waals surface area contributed by atoms with Crippen LogP contribution in [0.5, 0.6) is 0 Å². The van der Waals surface area contributed by atoms with E-state index in [2.05, 4.69) is 5.32 Å². The van der Waals surface area contributed by atoms with Crippen LogP contribution in [0.2, 0.25) is 0 Å². The van der Waals surface area contributed by atoms with Gasteiger partial charge >= 0.3 is 5.97 Å². The van der Waals surface area contributed by atoms with Crippen LogP contribution in [0.3, 0.4) is 0 Å². The lowest BCUT2D eigenvalue weighted by Gasteiger charge is -2.24. The predicted molar refractivity (Wildman–Crippen MR) is 74.0 cm³/mol. The Bertz CT molecular complexity index is 371. The number of carboxylic acids is 1. The smallest absolute Gasteiger partial charge is 0.307 e. The number of aliphatic hydroxyl groups is 1. The Morgan fingerprint density at radius 1 is 1.05 bits per heavy atom. The lowest BCUT2D eigenvalue weighted by atomic mass is 9.94. The molecule has 2 rings (SSSR count). The number of amides is 1. The number of carboxylic acid groups (broad SMARTS) is 1. The highest BCUT2D eigenvalue weighted by molar-refractivity contribution is 5.85. The molecule has 0 bridgehead atoms. The highest BCUT2D eigenvalue weighted by Gasteiger charge is 2.42. The van der Waals surface area contributed by atoms with Gasteiger partial charge in [-0.05, 0) is 31.6 Å². The van der Waals surface area contributed by atoms with Crippen molar-refractivity contribution in [2.24, 2.45) is 17.8 Å². The minimum absolute atomic E-state index is 0.187. The van der Waals surface area contributed by atoms with E-state index in [1.807, 2.05) is 6.92 Å². The summed E-state index contributed by atoms with van der Waals surface area (Å²) in [6.07, 6.45) is 5.29. The van der Waals surface area contributed by atoms with Crippen LogP contribution in [-0.4, -0.2) is 34.2 Å². The first-order chi connectivity index (χ1) is 9.49. The first-order valence-electron chi connectivity index (χ1n) is 7.70. The van der Waals surface area contributed by atoms with Gasteiger partial charge in [-0.2, -0.15) is 0 Å². The summed E-state index contributed by atoms with van der Waals surface area (Å²) in [6.45, 7) is 1.99. The molecule has 1 amide bonds. The number of hydrogen-bond donors (Lipinski definition) is 3. The van der Waals surface area contributed by atoms with E-state index in [9.17, 15) is 19.8 Å². The van der Waals surface area contributed by atoms with Crippen molar-refractivity contribution in [3.8, 4) is 0 Å². The van der Waals surface area contributed by atoms with Crippen molar-refractivity contribution in [2.45, 2.75) is 64.0 Å². The Morgan fingerprint density at radius 3 is 2.40 bits per heavy atom. The quantitative estimate of drug-likeness (QED) is 0.686. The Hall–Kier alpha value is -1.10. The van der Waals surface area contributed by atoms with Crippen LogP contribution in [0.15, 0.2) is 0 Å². The molecular weight excluding hydrogens is 258 g/mol. The van der Waals surface area contributed by atoms with Crippen LogP contribution in [-0.2, 0) is 9.59 Å². The lowest BCUT2D eigenvalue weighted by Crippen LogP contribution is -2.46. The Labute approximate surface area is 119 Å². The van der Waals surface area contributed by atoms with E-state index in [4.69, 9.17) is 0 Å². The highest BCUT2D eigenvalue weighted by Crippen LogP contribution is 2.36. The van der Waals surface area contributed by atoms with Crippen molar-refractivity contribution in [1.29, 1.82) is 0 Å². The second-order valence-corrected chi connectivity index (χ2v) is 6.45. The van der Waals surface area contributed by atoms with Crippen molar-refractivity contribution in [1.82, 2.24) is 5.32 Å². The molecule has 2 aliphatic rings. The summed E-state index contributed by atoms with van der Waals surface area (Å²) in [7, 11) is 0. The van der Waals surface area contributed by atoms with Crippen LogP contribution in [0.25, 0.3) is 0 Å². The van der Waals surface area contributed by atoms with E-state index < -0.39 is 23.9 Å². The van der Waals surface area contributed by atoms with E-state index in [-0.39, 0.29) is 17.9 Å². The van der Waals surface area contributed by atoms with Gasteiger partial charge in [0.15, 0.2) is 0 Å². The monoisotopic (exact) mass is 283 g/mol. The topological polar surface area (TPSA) is 86.6 Å². The standard InChI is InChI=1S/C15H25NO4/c1-9-7-10(11(8-9)15(19)20)14(18)16-12-5-3-2-4-6-13(12)17/h9-13,17H,2-8H2,1H3,(H,16,18)(H,19,20). The molecule has 0 radical (unpaired) electrons. The molecule has 5 heteroatoms. The third-order valence-corrected chi connectivity index (χ3v) is 4.76. The van der Waals surface area contributed by atoms with Gasteiger partial charge in [-0.3, -0.25) is 9.59 Å². The van der Waals surface area contributed by atoms with Gasteiger partial charge in [-0.15, -0.1) is 0 Å². The van der Waals surface area contributed by atoms with Gasteiger partial charge in [0.2, 0.25) is 5.91 Å². The summed E-state index contributed by atoms with van der Waals surface area (Å²) in [5.74, 6) is -1.82. The van der Waals surface area contributed by atoms with E-state index in [1.165, 1.54) is 0 Å². The summed E-state index contributed by atoms with van der Waals surface area (Å²) in [4.78, 5) is 23.6. The third-order valence-electron chi connectivity index (χ3n) is 4.76. The maximum absolute atomic E-state index is 12.3. The van der Waals surface area contributed by atoms with Crippen LogP contribution in [0.1, 0.15) is 51.9 Å². The second-order valence-electron chi connectivity index (χ2n) is 6.45. The molecule has 0 aromatic rings. The second kappa shape index (κ2) is 6.57. The maximum atomic E-state index is 12.3. The predicted octanol–water partition coefficient (Wildman–Crippen LogP) is 1.54. The molecule has 5 unspecified atom stereocenters. The van der Waals surface area contributed by atoms with E-state index in [1.54, 1.807) is 0 Å². The fourth-order valence-corrected chi connectivity index (χ4v) is 3.60. The molecule has 2 aliphatic carbocycles. The summed E-state index contributed by atoms with van der Waals surface area (Å²) in [6, 6.07) is -0.213. The highest BCUT2D eigenvalue weighted by atomic mass is 16.4. The zero-order valence-electron chi connectivity index (χ0n) is 12.0. The number of carbonyl (C=O) groups is 2. The SMILES string of the molecule is CC1CC(C(=O)O)C(C(=O)NC2CCCCCC2O)C1. The van der Waals surface area contributed by atoms with E-state index >= 15 is 0 Å². The van der Waals surface area contributed by atoms with Gasteiger partial charge < -0.3 is 15.5 Å². The first-order valence-corrected chi connectivity index (χ1v) is 7.70. The van der Waals surface area contributed by atoms with Crippen molar-refractivity contribution < 1.29 is 19.8 Å². The summed E-state index contributed by atoms with van der Waals surface area (Å²) in [5, 5.41) is 22.2. The minimum atomic E-state index is -0.879. The molecule has 0 saturated heterocycles. The Morgan fingerprint density at radius 2 is 1.70 bits per heavy atom. The van der Waals surface area contributed by atoms with Crippen molar-refractivity contribution in [3.05, 3.63) is 0 Å². The number of nitrogens with one attached hydrogen (secondary N) is 1. The number of carbonyl (C=O) groups excluding carboxylic acids is 1. The van der Waals surface area contributed by atoms with Gasteiger partial charge in [0.25, 0.3) is 0 Å². The summed E-state index contributed by atoms with van der Waals surface area (Å²) in [5.41, 5.74) is 0. The van der Waals surface area contributed by atoms with Crippen molar-refractivity contribution in [3.63, 3.8) is 0 Å². The third kappa shape index (κ3) is 3.51. The number of aliphatic carboxylic acids is 1. The van der Waals surface area contributed by atoms with E-state index in [0.29, 0.717) is 19.3 Å². The molecular formula is C15H25NO4. The van der Waals surface area contributed by atoms with Gasteiger partial charge in [-0.25, -0.2) is 0 Å². The summed E-state index contributed by atoms with van der Waals surface area (Å²) < 4.78 is 0. The maximum Gasteiger partial charge on any atom is 0.307 e. The number of hydrogen-bond acceptors (Lipinski definition) is 3. The molecule has 0 aromatic heterocycles. The van der Waals surface area contributed by atoms with Crippen LogP contribution >= 0.6 is 0 Å². The molecule has 0 heterocycles. The average Bonchev–Trinajstić information content (AvgIpc) is 2.68. The van der Waals surface area contributed by atoms with E-state index in [0.717, 1.165) is 25.7 Å². The molecule has 0 aromatic carbocycles. The van der Waals surface area contributed by atoms with Gasteiger partial charge in [0.1, 0.15) is 0 Å². The first kappa shape index (κ1) is 15.3. The molecule has 3 N–H and O–H groups in total. The molecule has 114 valence electrons. The normalized spacial score (nSPS) is 38.2. The molecule has 0 aliphatic heterocycles. The van der Waals surface area contributed by atoms with Crippen LogP contribution in [0.4, 0.5) is 0 Å². The number of rotatable bonds is 3. The molecule has 0 spiro atoms. The largest absolute Gasteiger partial charge is 0.481 e. The average molecular weight is 283 g/mol. The minimum Gasteiger partial charge on any atom is -0.481 e. The molecule has 2 saturated carbocycles. The van der Waals surface area contributed by atoms with Crippen molar-refractivity contribution in [2.75, 3.05) is 0 Å². The van der Waals surface area contributed by atoms with Gasteiger partial charge in [0, 0.05) is 0 Å². The van der Waals surface area contributed by atoms with Crippen molar-refractivity contribution >= 4 is 11.9 Å². The molecule has 5 atom stereocenters. The fourth-order valence-electron chi connectivity index (χ4n) is 3.60. The fraction of sp³-hybridized carbons (Fsp3) is 0.867. The zero-order valence-corrected chi connectivity index (χ0v) is 12.0. The Kier molecular flexibility index (Phi) is 5.02.